The summed E-state index contributed by atoms with van der Waals surface area (Å²) in [7, 11) is -0.662. The van der Waals surface area contributed by atoms with Crippen molar-refractivity contribution in [3.63, 3.8) is 0 Å². The third-order valence-corrected chi connectivity index (χ3v) is 10.1. The highest BCUT2D eigenvalue weighted by molar-refractivity contribution is 7.85. The minimum absolute atomic E-state index is 0.0636. The number of benzene rings is 2. The summed E-state index contributed by atoms with van der Waals surface area (Å²) >= 11 is 7.93. The number of halogens is 1. The lowest BCUT2D eigenvalue weighted by molar-refractivity contribution is -0.144. The van der Waals surface area contributed by atoms with E-state index in [1.807, 2.05) is 30.5 Å². The smallest absolute Gasteiger partial charge is 0.306 e. The number of piperidine rings is 1. The Hall–Kier alpha value is -2.46. The van der Waals surface area contributed by atoms with Gasteiger partial charge in [0.15, 0.2) is 5.13 Å². The molecule has 0 bridgehead atoms. The van der Waals surface area contributed by atoms with E-state index in [2.05, 4.69) is 34.9 Å². The summed E-state index contributed by atoms with van der Waals surface area (Å²) in [6, 6.07) is 12.1. The molecular formula is C29H34ClN3O4S2. The summed E-state index contributed by atoms with van der Waals surface area (Å²) in [5.74, 6) is 1.29. The number of ether oxygens (including phenoxy) is 1. The number of aryl methyl sites for hydroxylation is 1. The van der Waals surface area contributed by atoms with Gasteiger partial charge in [0.1, 0.15) is 12.4 Å². The summed E-state index contributed by atoms with van der Waals surface area (Å²) in [6.07, 6.45) is 0.619. The second-order valence-electron chi connectivity index (χ2n) is 10.5. The van der Waals surface area contributed by atoms with Crippen LogP contribution in [0, 0.1) is 18.8 Å². The minimum Gasteiger partial charge on any atom is -0.488 e. The first-order valence-corrected chi connectivity index (χ1v) is 16.0. The number of carboxylic acids is 1. The second kappa shape index (κ2) is 12.4. The van der Waals surface area contributed by atoms with Crippen LogP contribution in [-0.2, 0) is 28.7 Å². The predicted octanol–water partition coefficient (Wildman–Crippen LogP) is 5.46. The number of thiazole rings is 1. The van der Waals surface area contributed by atoms with Gasteiger partial charge in [-0.25, -0.2) is 4.98 Å². The molecule has 208 valence electrons. The molecule has 0 aliphatic carbocycles. The number of aliphatic carboxylic acids is 1. The standard InChI is InChI=1S/C29H34ClN3O4S2/c1-19-13-21(16-32-9-11-39(36)12-10-32)3-4-22(19)17-37-27-6-5-23(30)14-25(27)26-18-38-29(31-26)33-8-7-24(28(34)35)20(2)15-33/h3-6,13-14,18,20,24H,7-12,15-17H2,1-2H3,(H,34,35). The van der Waals surface area contributed by atoms with Crippen LogP contribution in [0.15, 0.2) is 41.8 Å². The number of rotatable bonds is 8. The average Bonchev–Trinajstić information content (AvgIpc) is 3.40. The maximum atomic E-state index is 11.6. The van der Waals surface area contributed by atoms with Gasteiger partial charge in [0.25, 0.3) is 0 Å². The molecule has 3 aromatic rings. The number of nitrogens with zero attached hydrogens (tertiary/aromatic N) is 3. The summed E-state index contributed by atoms with van der Waals surface area (Å²) in [6.45, 7) is 8.53. The van der Waals surface area contributed by atoms with Crippen LogP contribution < -0.4 is 9.64 Å². The van der Waals surface area contributed by atoms with Gasteiger partial charge in [-0.1, -0.05) is 36.7 Å². The van der Waals surface area contributed by atoms with Crippen molar-refractivity contribution in [2.24, 2.45) is 11.8 Å². The SMILES string of the molecule is Cc1cc(CN2CCS(=O)CC2)ccc1COc1ccc(Cl)cc1-c1csc(N2CCC(C(=O)O)C(C)C2)n1. The van der Waals surface area contributed by atoms with E-state index < -0.39 is 16.8 Å². The molecule has 0 saturated carbocycles. The van der Waals surface area contributed by atoms with E-state index in [-0.39, 0.29) is 11.8 Å². The highest BCUT2D eigenvalue weighted by atomic mass is 35.5. The number of hydrogen-bond donors (Lipinski definition) is 1. The second-order valence-corrected chi connectivity index (χ2v) is 13.5. The molecule has 2 saturated heterocycles. The molecule has 39 heavy (non-hydrogen) atoms. The van der Waals surface area contributed by atoms with Crippen LogP contribution in [0.5, 0.6) is 5.75 Å². The van der Waals surface area contributed by atoms with Crippen LogP contribution in [0.4, 0.5) is 5.13 Å². The van der Waals surface area contributed by atoms with Crippen molar-refractivity contribution in [3.8, 4) is 17.0 Å². The van der Waals surface area contributed by atoms with E-state index in [4.69, 9.17) is 21.3 Å². The quantitative estimate of drug-likeness (QED) is 0.374. The lowest BCUT2D eigenvalue weighted by Gasteiger charge is -2.34. The van der Waals surface area contributed by atoms with Gasteiger partial charge in [-0.3, -0.25) is 13.9 Å². The Morgan fingerprint density at radius 2 is 2.00 bits per heavy atom. The van der Waals surface area contributed by atoms with E-state index in [1.54, 1.807) is 11.3 Å². The molecular weight excluding hydrogens is 554 g/mol. The highest BCUT2D eigenvalue weighted by Crippen LogP contribution is 2.37. The van der Waals surface area contributed by atoms with E-state index in [1.165, 1.54) is 11.1 Å². The summed E-state index contributed by atoms with van der Waals surface area (Å²) in [5, 5.41) is 13.0. The Morgan fingerprint density at radius 3 is 2.72 bits per heavy atom. The fourth-order valence-electron chi connectivity index (χ4n) is 5.31. The van der Waals surface area contributed by atoms with Crippen LogP contribution in [0.2, 0.25) is 5.02 Å². The zero-order chi connectivity index (χ0) is 27.5. The number of carbonyl (C=O) groups is 1. The normalized spacial score (nSPS) is 20.7. The first-order valence-electron chi connectivity index (χ1n) is 13.3. The van der Waals surface area contributed by atoms with Gasteiger partial charge in [0.2, 0.25) is 0 Å². The number of hydrogen-bond acceptors (Lipinski definition) is 7. The van der Waals surface area contributed by atoms with Crippen molar-refractivity contribution in [2.75, 3.05) is 42.6 Å². The van der Waals surface area contributed by atoms with Gasteiger partial charge < -0.3 is 14.7 Å². The fraction of sp³-hybridized carbons (Fsp3) is 0.448. The van der Waals surface area contributed by atoms with Gasteiger partial charge >= 0.3 is 5.97 Å². The van der Waals surface area contributed by atoms with Crippen molar-refractivity contribution < 1.29 is 18.8 Å². The topological polar surface area (TPSA) is 83.0 Å². The molecule has 5 rings (SSSR count). The maximum Gasteiger partial charge on any atom is 0.306 e. The van der Waals surface area contributed by atoms with Crippen LogP contribution in [-0.4, -0.2) is 62.9 Å². The van der Waals surface area contributed by atoms with E-state index in [0.29, 0.717) is 31.1 Å². The lowest BCUT2D eigenvalue weighted by Crippen LogP contribution is -2.42. The number of aromatic nitrogens is 1. The monoisotopic (exact) mass is 587 g/mol. The summed E-state index contributed by atoms with van der Waals surface area (Å²) in [5.41, 5.74) is 5.20. The molecule has 2 aliphatic heterocycles. The minimum atomic E-state index is -0.714. The highest BCUT2D eigenvalue weighted by Gasteiger charge is 2.32. The molecule has 0 radical (unpaired) electrons. The van der Waals surface area contributed by atoms with Crippen LogP contribution in [0.3, 0.4) is 0 Å². The molecule has 0 amide bonds. The third-order valence-electron chi connectivity index (χ3n) is 7.67. The van der Waals surface area contributed by atoms with Crippen molar-refractivity contribution >= 4 is 44.8 Å². The predicted molar refractivity (Wildman–Crippen MR) is 158 cm³/mol. The fourth-order valence-corrected chi connectivity index (χ4v) is 7.48. The van der Waals surface area contributed by atoms with Crippen LogP contribution in [0.25, 0.3) is 11.3 Å². The van der Waals surface area contributed by atoms with Crippen molar-refractivity contribution in [2.45, 2.75) is 33.4 Å². The number of anilines is 1. The molecule has 2 unspecified atom stereocenters. The molecule has 7 nitrogen and oxygen atoms in total. The average molecular weight is 588 g/mol. The van der Waals surface area contributed by atoms with Crippen molar-refractivity contribution in [1.29, 1.82) is 0 Å². The number of carboxylic acid groups (broad SMARTS) is 1. The zero-order valence-electron chi connectivity index (χ0n) is 22.3. The first kappa shape index (κ1) is 28.1. The van der Waals surface area contributed by atoms with Crippen molar-refractivity contribution in [3.05, 3.63) is 63.5 Å². The Morgan fingerprint density at radius 1 is 1.21 bits per heavy atom. The van der Waals surface area contributed by atoms with Gasteiger partial charge in [-0.05, 0) is 54.2 Å². The molecule has 2 atom stereocenters. The Bertz CT molecular complexity index is 1350. The van der Waals surface area contributed by atoms with E-state index in [9.17, 15) is 14.1 Å². The van der Waals surface area contributed by atoms with Gasteiger partial charge in [-0.2, -0.15) is 0 Å². The largest absolute Gasteiger partial charge is 0.488 e. The Kier molecular flexibility index (Phi) is 8.91. The molecule has 2 fully saturated rings. The van der Waals surface area contributed by atoms with E-state index in [0.717, 1.165) is 58.8 Å². The molecule has 0 spiro atoms. The lowest BCUT2D eigenvalue weighted by atomic mass is 9.87. The van der Waals surface area contributed by atoms with Gasteiger partial charge in [0, 0.05) is 71.0 Å². The molecule has 1 aromatic heterocycles. The Balaban J connectivity index is 1.26. The first-order chi connectivity index (χ1) is 18.8. The maximum absolute atomic E-state index is 11.6. The van der Waals surface area contributed by atoms with E-state index >= 15 is 0 Å². The van der Waals surface area contributed by atoms with Gasteiger partial charge in [0.05, 0.1) is 11.6 Å². The molecule has 3 heterocycles. The van der Waals surface area contributed by atoms with Crippen LogP contribution in [0.1, 0.15) is 30.0 Å². The Labute approximate surface area is 241 Å². The van der Waals surface area contributed by atoms with Gasteiger partial charge in [-0.15, -0.1) is 11.3 Å². The molecule has 2 aliphatic rings. The summed E-state index contributed by atoms with van der Waals surface area (Å²) < 4.78 is 17.9. The third kappa shape index (κ3) is 6.82. The zero-order valence-corrected chi connectivity index (χ0v) is 24.7. The molecule has 2 aromatic carbocycles. The molecule has 1 N–H and O–H groups in total. The molecule has 10 heteroatoms. The van der Waals surface area contributed by atoms with Crippen molar-refractivity contribution in [1.82, 2.24) is 9.88 Å². The van der Waals surface area contributed by atoms with Crippen LogP contribution >= 0.6 is 22.9 Å². The summed E-state index contributed by atoms with van der Waals surface area (Å²) in [4.78, 5) is 20.9.